The fraction of sp³-hybridized carbons (Fsp3) is 0.214. The summed E-state index contributed by atoms with van der Waals surface area (Å²) in [6.45, 7) is 2.53. The van der Waals surface area contributed by atoms with Gasteiger partial charge in [0.1, 0.15) is 0 Å². The molecule has 1 amide bonds. The Labute approximate surface area is 110 Å². The van der Waals surface area contributed by atoms with Crippen LogP contribution in [0, 0.1) is 6.92 Å². The first kappa shape index (κ1) is 11.6. The van der Waals surface area contributed by atoms with Crippen LogP contribution in [0.5, 0.6) is 11.5 Å². The molecule has 0 unspecified atom stereocenters. The summed E-state index contributed by atoms with van der Waals surface area (Å²) in [6, 6.07) is 7.28. The van der Waals surface area contributed by atoms with Gasteiger partial charge in [0.25, 0.3) is 5.91 Å². The molecule has 2 heterocycles. The molecule has 98 valence electrons. The Kier molecular flexibility index (Phi) is 2.87. The first-order valence-electron chi connectivity index (χ1n) is 5.94. The van der Waals surface area contributed by atoms with E-state index in [1.807, 2.05) is 25.1 Å². The number of fused-ring (bicyclic) bond motifs is 1. The number of furan rings is 1. The quantitative estimate of drug-likeness (QED) is 0.918. The molecule has 0 aliphatic carbocycles. The van der Waals surface area contributed by atoms with Crippen molar-refractivity contribution >= 4 is 5.91 Å². The number of aryl methyl sites for hydroxylation is 1. The lowest BCUT2D eigenvalue weighted by molar-refractivity contribution is 0.0923. The van der Waals surface area contributed by atoms with E-state index < -0.39 is 0 Å². The molecule has 19 heavy (non-hydrogen) atoms. The fourth-order valence-electron chi connectivity index (χ4n) is 1.87. The third-order valence-electron chi connectivity index (χ3n) is 2.84. The summed E-state index contributed by atoms with van der Waals surface area (Å²) in [5.41, 5.74) is 1.87. The lowest BCUT2D eigenvalue weighted by Gasteiger charge is -2.04. The Morgan fingerprint density at radius 3 is 2.89 bits per heavy atom. The Bertz CT molecular complexity index is 618. The molecule has 5 heteroatoms. The Morgan fingerprint density at radius 1 is 1.26 bits per heavy atom. The molecule has 1 aliphatic heterocycles. The van der Waals surface area contributed by atoms with E-state index in [1.54, 1.807) is 12.3 Å². The maximum atomic E-state index is 11.8. The van der Waals surface area contributed by atoms with Crippen LogP contribution in [0.3, 0.4) is 0 Å². The highest BCUT2D eigenvalue weighted by Crippen LogP contribution is 2.32. The highest BCUT2D eigenvalue weighted by molar-refractivity contribution is 5.91. The zero-order chi connectivity index (χ0) is 13.2. The number of carbonyl (C=O) groups excluding carboxylic acids is 1. The van der Waals surface area contributed by atoms with Crippen LogP contribution in [0.15, 0.2) is 34.9 Å². The highest BCUT2D eigenvalue weighted by Gasteiger charge is 2.14. The van der Waals surface area contributed by atoms with Crippen LogP contribution in [0.1, 0.15) is 21.7 Å². The molecule has 1 aliphatic rings. The number of ether oxygens (including phenoxy) is 2. The van der Waals surface area contributed by atoms with Gasteiger partial charge in [-0.05, 0) is 36.2 Å². The van der Waals surface area contributed by atoms with E-state index in [0.29, 0.717) is 18.1 Å². The monoisotopic (exact) mass is 259 g/mol. The first-order chi connectivity index (χ1) is 9.22. The van der Waals surface area contributed by atoms with Crippen molar-refractivity contribution in [2.75, 3.05) is 6.79 Å². The van der Waals surface area contributed by atoms with Gasteiger partial charge in [0.05, 0.1) is 6.26 Å². The van der Waals surface area contributed by atoms with Gasteiger partial charge in [0, 0.05) is 6.54 Å². The Balaban J connectivity index is 1.64. The van der Waals surface area contributed by atoms with Crippen LogP contribution < -0.4 is 14.8 Å². The summed E-state index contributed by atoms with van der Waals surface area (Å²) in [5.74, 6) is 1.53. The summed E-state index contributed by atoms with van der Waals surface area (Å²) < 4.78 is 15.6. The summed E-state index contributed by atoms with van der Waals surface area (Å²) >= 11 is 0. The topological polar surface area (TPSA) is 60.7 Å². The number of amides is 1. The second-order valence-electron chi connectivity index (χ2n) is 4.36. The van der Waals surface area contributed by atoms with Crippen molar-refractivity contribution < 1.29 is 18.7 Å². The van der Waals surface area contributed by atoms with E-state index >= 15 is 0 Å². The summed E-state index contributed by atoms with van der Waals surface area (Å²) in [5, 5.41) is 2.79. The van der Waals surface area contributed by atoms with E-state index in [4.69, 9.17) is 13.9 Å². The van der Waals surface area contributed by atoms with Crippen LogP contribution in [-0.2, 0) is 6.54 Å². The number of hydrogen-bond acceptors (Lipinski definition) is 4. The molecule has 1 N–H and O–H groups in total. The molecular weight excluding hydrogens is 246 g/mol. The minimum atomic E-state index is -0.231. The SMILES string of the molecule is Cc1coc(C(=O)NCc2ccc3c(c2)OCO3)c1. The van der Waals surface area contributed by atoms with Crippen molar-refractivity contribution in [3.63, 3.8) is 0 Å². The molecule has 0 fully saturated rings. The van der Waals surface area contributed by atoms with Crippen molar-refractivity contribution in [3.8, 4) is 11.5 Å². The van der Waals surface area contributed by atoms with Crippen molar-refractivity contribution in [1.29, 1.82) is 0 Å². The molecule has 3 rings (SSSR count). The molecular formula is C14H13NO4. The average Bonchev–Trinajstić information content (AvgIpc) is 3.03. The minimum Gasteiger partial charge on any atom is -0.459 e. The third-order valence-corrected chi connectivity index (χ3v) is 2.84. The van der Waals surface area contributed by atoms with Crippen LogP contribution in [-0.4, -0.2) is 12.7 Å². The number of benzene rings is 1. The van der Waals surface area contributed by atoms with Crippen molar-refractivity contribution in [2.45, 2.75) is 13.5 Å². The van der Waals surface area contributed by atoms with Crippen molar-refractivity contribution in [1.82, 2.24) is 5.32 Å². The van der Waals surface area contributed by atoms with Crippen LogP contribution in [0.2, 0.25) is 0 Å². The zero-order valence-electron chi connectivity index (χ0n) is 10.4. The van der Waals surface area contributed by atoms with Gasteiger partial charge in [-0.15, -0.1) is 0 Å². The highest BCUT2D eigenvalue weighted by atomic mass is 16.7. The normalized spacial score (nSPS) is 12.5. The van der Waals surface area contributed by atoms with Gasteiger partial charge < -0.3 is 19.2 Å². The lowest BCUT2D eigenvalue weighted by Crippen LogP contribution is -2.22. The largest absolute Gasteiger partial charge is 0.459 e. The molecule has 1 aromatic carbocycles. The molecule has 1 aromatic heterocycles. The van der Waals surface area contributed by atoms with E-state index in [2.05, 4.69) is 5.32 Å². The average molecular weight is 259 g/mol. The predicted octanol–water partition coefficient (Wildman–Crippen LogP) is 2.25. The van der Waals surface area contributed by atoms with Crippen molar-refractivity contribution in [2.24, 2.45) is 0 Å². The summed E-state index contributed by atoms with van der Waals surface area (Å²) in [4.78, 5) is 11.8. The van der Waals surface area contributed by atoms with Crippen LogP contribution >= 0.6 is 0 Å². The van der Waals surface area contributed by atoms with E-state index in [9.17, 15) is 4.79 Å². The van der Waals surface area contributed by atoms with Gasteiger partial charge in [-0.2, -0.15) is 0 Å². The molecule has 0 saturated heterocycles. The smallest absolute Gasteiger partial charge is 0.287 e. The van der Waals surface area contributed by atoms with E-state index in [1.165, 1.54) is 0 Å². The standard InChI is InChI=1S/C14H13NO4/c1-9-4-13(17-7-9)14(16)15-6-10-2-3-11-12(5-10)19-8-18-11/h2-5,7H,6,8H2,1H3,(H,15,16). The van der Waals surface area contributed by atoms with Gasteiger partial charge in [0.15, 0.2) is 17.3 Å². The third kappa shape index (κ3) is 2.40. The second kappa shape index (κ2) is 4.68. The maximum Gasteiger partial charge on any atom is 0.287 e. The molecule has 0 radical (unpaired) electrons. The summed E-state index contributed by atoms with van der Waals surface area (Å²) in [6.07, 6.45) is 1.55. The fourth-order valence-corrected chi connectivity index (χ4v) is 1.87. The maximum absolute atomic E-state index is 11.8. The number of nitrogens with one attached hydrogen (secondary N) is 1. The second-order valence-corrected chi connectivity index (χ2v) is 4.36. The van der Waals surface area contributed by atoms with E-state index in [-0.39, 0.29) is 12.7 Å². The van der Waals surface area contributed by atoms with Gasteiger partial charge in [-0.25, -0.2) is 0 Å². The molecule has 0 spiro atoms. The van der Waals surface area contributed by atoms with Crippen LogP contribution in [0.25, 0.3) is 0 Å². The number of rotatable bonds is 3. The van der Waals surface area contributed by atoms with E-state index in [0.717, 1.165) is 16.9 Å². The molecule has 0 bridgehead atoms. The lowest BCUT2D eigenvalue weighted by atomic mass is 10.2. The Hall–Kier alpha value is -2.43. The predicted molar refractivity (Wildman–Crippen MR) is 67.2 cm³/mol. The van der Waals surface area contributed by atoms with Gasteiger partial charge in [-0.1, -0.05) is 6.07 Å². The first-order valence-corrected chi connectivity index (χ1v) is 5.94. The van der Waals surface area contributed by atoms with Crippen molar-refractivity contribution in [3.05, 3.63) is 47.4 Å². The van der Waals surface area contributed by atoms with Gasteiger partial charge in [0.2, 0.25) is 6.79 Å². The molecule has 5 nitrogen and oxygen atoms in total. The molecule has 0 atom stereocenters. The molecule has 0 saturated carbocycles. The molecule has 2 aromatic rings. The zero-order valence-corrected chi connectivity index (χ0v) is 10.4. The number of carbonyl (C=O) groups is 1. The van der Waals surface area contributed by atoms with Gasteiger partial charge in [-0.3, -0.25) is 4.79 Å². The van der Waals surface area contributed by atoms with Crippen LogP contribution in [0.4, 0.5) is 0 Å². The minimum absolute atomic E-state index is 0.231. The number of hydrogen-bond donors (Lipinski definition) is 1. The summed E-state index contributed by atoms with van der Waals surface area (Å²) in [7, 11) is 0. The Morgan fingerprint density at radius 2 is 2.11 bits per heavy atom. The van der Waals surface area contributed by atoms with Gasteiger partial charge >= 0.3 is 0 Å².